The quantitative estimate of drug-likeness (QED) is 0.617. The number of carbonyl (C=O) groups excluding carboxylic acids is 1. The van der Waals surface area contributed by atoms with Crippen LogP contribution in [-0.2, 0) is 9.53 Å². The van der Waals surface area contributed by atoms with Gasteiger partial charge in [0.15, 0.2) is 5.38 Å². The first kappa shape index (κ1) is 12.6. The summed E-state index contributed by atoms with van der Waals surface area (Å²) >= 11 is 17.2. The Balaban J connectivity index is 2.72. The summed E-state index contributed by atoms with van der Waals surface area (Å²) in [7, 11) is 0. The summed E-state index contributed by atoms with van der Waals surface area (Å²) in [5.41, 5.74) is 0.542. The van der Waals surface area contributed by atoms with Crippen LogP contribution in [0.25, 0.3) is 0 Å². The number of hydrogen-bond donors (Lipinski definition) is 0. The molecular formula is C10H9Cl3O2. The van der Waals surface area contributed by atoms with E-state index in [1.54, 1.807) is 24.3 Å². The Hall–Kier alpha value is -0.440. The molecule has 1 aromatic rings. The first-order valence-electron chi connectivity index (χ1n) is 4.28. The number of alkyl halides is 2. The van der Waals surface area contributed by atoms with Gasteiger partial charge in [-0.2, -0.15) is 0 Å². The second-order valence-corrected chi connectivity index (χ2v) is 3.96. The Morgan fingerprint density at radius 2 is 2.07 bits per heavy atom. The van der Waals surface area contributed by atoms with Crippen LogP contribution in [0.4, 0.5) is 0 Å². The molecule has 82 valence electrons. The van der Waals surface area contributed by atoms with Gasteiger partial charge in [0.05, 0.1) is 5.88 Å². The van der Waals surface area contributed by atoms with E-state index < -0.39 is 11.3 Å². The summed E-state index contributed by atoms with van der Waals surface area (Å²) in [6.45, 7) is 0.147. The van der Waals surface area contributed by atoms with E-state index >= 15 is 0 Å². The molecule has 2 nitrogen and oxygen atoms in total. The molecule has 0 aliphatic rings. The predicted molar refractivity (Wildman–Crippen MR) is 61.7 cm³/mol. The molecule has 1 unspecified atom stereocenters. The Bertz CT molecular complexity index is 341. The molecule has 0 amide bonds. The van der Waals surface area contributed by atoms with E-state index in [1.165, 1.54) is 0 Å². The highest BCUT2D eigenvalue weighted by atomic mass is 35.5. The number of halogens is 3. The van der Waals surface area contributed by atoms with Crippen molar-refractivity contribution in [3.8, 4) is 0 Å². The minimum Gasteiger partial charge on any atom is -0.463 e. The third-order valence-electron chi connectivity index (χ3n) is 1.71. The molecule has 0 N–H and O–H groups in total. The summed E-state index contributed by atoms with van der Waals surface area (Å²) in [5, 5.41) is -0.442. The molecule has 5 heteroatoms. The fourth-order valence-corrected chi connectivity index (χ4v) is 1.65. The molecule has 0 saturated carbocycles. The SMILES string of the molecule is O=C(OCCCl)C(Cl)c1ccccc1Cl. The highest BCUT2D eigenvalue weighted by Crippen LogP contribution is 2.28. The van der Waals surface area contributed by atoms with E-state index in [0.717, 1.165) is 0 Å². The molecule has 0 aliphatic carbocycles. The average molecular weight is 268 g/mol. The monoisotopic (exact) mass is 266 g/mol. The van der Waals surface area contributed by atoms with Gasteiger partial charge in [-0.15, -0.1) is 23.2 Å². The maximum atomic E-state index is 11.4. The minimum absolute atomic E-state index is 0.147. The number of benzene rings is 1. The van der Waals surface area contributed by atoms with Crippen LogP contribution in [0, 0.1) is 0 Å². The van der Waals surface area contributed by atoms with E-state index in [2.05, 4.69) is 0 Å². The van der Waals surface area contributed by atoms with Gasteiger partial charge in [0, 0.05) is 5.02 Å². The lowest BCUT2D eigenvalue weighted by atomic mass is 10.1. The van der Waals surface area contributed by atoms with Crippen molar-refractivity contribution in [3.63, 3.8) is 0 Å². The first-order valence-corrected chi connectivity index (χ1v) is 5.63. The van der Waals surface area contributed by atoms with Crippen LogP contribution in [0.15, 0.2) is 24.3 Å². The Labute approximate surface area is 103 Å². The summed E-state index contributed by atoms with van der Waals surface area (Å²) in [4.78, 5) is 11.4. The van der Waals surface area contributed by atoms with E-state index in [4.69, 9.17) is 39.5 Å². The lowest BCUT2D eigenvalue weighted by Crippen LogP contribution is -2.13. The highest BCUT2D eigenvalue weighted by molar-refractivity contribution is 6.35. The highest BCUT2D eigenvalue weighted by Gasteiger charge is 2.21. The first-order chi connectivity index (χ1) is 7.16. The van der Waals surface area contributed by atoms with E-state index in [9.17, 15) is 4.79 Å². The summed E-state index contributed by atoms with van der Waals surface area (Å²) in [5.74, 6) is -0.289. The fraction of sp³-hybridized carbons (Fsp3) is 0.300. The second-order valence-electron chi connectivity index (χ2n) is 2.74. The van der Waals surface area contributed by atoms with Gasteiger partial charge in [-0.05, 0) is 11.6 Å². The smallest absolute Gasteiger partial charge is 0.328 e. The van der Waals surface area contributed by atoms with Crippen molar-refractivity contribution in [1.29, 1.82) is 0 Å². The predicted octanol–water partition coefficient (Wildman–Crippen LogP) is 3.40. The van der Waals surface area contributed by atoms with Crippen molar-refractivity contribution in [2.75, 3.05) is 12.5 Å². The van der Waals surface area contributed by atoms with Gasteiger partial charge in [0.25, 0.3) is 0 Å². The van der Waals surface area contributed by atoms with Gasteiger partial charge in [-0.1, -0.05) is 29.8 Å². The number of hydrogen-bond acceptors (Lipinski definition) is 2. The van der Waals surface area contributed by atoms with E-state index in [0.29, 0.717) is 10.6 Å². The molecule has 0 fully saturated rings. The molecule has 0 aromatic heterocycles. The van der Waals surface area contributed by atoms with Crippen molar-refractivity contribution in [3.05, 3.63) is 34.9 Å². The maximum absolute atomic E-state index is 11.4. The Morgan fingerprint density at radius 1 is 1.40 bits per heavy atom. The molecule has 1 rings (SSSR count). The third kappa shape index (κ3) is 3.56. The zero-order chi connectivity index (χ0) is 11.3. The topological polar surface area (TPSA) is 26.3 Å². The lowest BCUT2D eigenvalue weighted by Gasteiger charge is -2.10. The molecule has 0 saturated heterocycles. The molecule has 0 heterocycles. The van der Waals surface area contributed by atoms with Crippen LogP contribution in [0.1, 0.15) is 10.9 Å². The Kier molecular flexibility index (Phi) is 5.23. The average Bonchev–Trinajstić information content (AvgIpc) is 2.25. The molecule has 0 spiro atoms. The van der Waals surface area contributed by atoms with Crippen molar-refractivity contribution >= 4 is 40.8 Å². The van der Waals surface area contributed by atoms with Gasteiger partial charge in [-0.25, -0.2) is 0 Å². The molecule has 15 heavy (non-hydrogen) atoms. The molecular weight excluding hydrogens is 258 g/mol. The lowest BCUT2D eigenvalue weighted by molar-refractivity contribution is -0.142. The third-order valence-corrected chi connectivity index (χ3v) is 2.62. The van der Waals surface area contributed by atoms with Gasteiger partial charge in [-0.3, -0.25) is 4.79 Å². The molecule has 0 aliphatic heterocycles. The summed E-state index contributed by atoms with van der Waals surface area (Å²) in [6, 6.07) is 6.87. The van der Waals surface area contributed by atoms with Crippen LogP contribution in [0.5, 0.6) is 0 Å². The zero-order valence-corrected chi connectivity index (χ0v) is 10.0. The Morgan fingerprint density at radius 3 is 2.67 bits per heavy atom. The van der Waals surface area contributed by atoms with Gasteiger partial charge in [0.2, 0.25) is 0 Å². The van der Waals surface area contributed by atoms with Gasteiger partial charge >= 0.3 is 5.97 Å². The summed E-state index contributed by atoms with van der Waals surface area (Å²) < 4.78 is 4.80. The van der Waals surface area contributed by atoms with E-state index in [-0.39, 0.29) is 12.5 Å². The second kappa shape index (κ2) is 6.21. The molecule has 1 aromatic carbocycles. The normalized spacial score (nSPS) is 12.2. The number of esters is 1. The molecule has 0 radical (unpaired) electrons. The molecule has 0 bridgehead atoms. The standard InChI is InChI=1S/C10H9Cl3O2/c11-5-6-15-10(14)9(13)7-3-1-2-4-8(7)12/h1-4,9H,5-6H2. The summed E-state index contributed by atoms with van der Waals surface area (Å²) in [6.07, 6.45) is 0. The van der Waals surface area contributed by atoms with Crippen LogP contribution in [0.2, 0.25) is 5.02 Å². The van der Waals surface area contributed by atoms with Crippen molar-refractivity contribution in [2.24, 2.45) is 0 Å². The van der Waals surface area contributed by atoms with Gasteiger partial charge in [0.1, 0.15) is 6.61 Å². The molecule has 1 atom stereocenters. The maximum Gasteiger partial charge on any atom is 0.328 e. The van der Waals surface area contributed by atoms with Crippen LogP contribution >= 0.6 is 34.8 Å². The largest absolute Gasteiger partial charge is 0.463 e. The fourth-order valence-electron chi connectivity index (χ4n) is 1.02. The van der Waals surface area contributed by atoms with Crippen LogP contribution < -0.4 is 0 Å². The van der Waals surface area contributed by atoms with Gasteiger partial charge < -0.3 is 4.74 Å². The number of rotatable bonds is 4. The van der Waals surface area contributed by atoms with Crippen molar-refractivity contribution in [2.45, 2.75) is 5.38 Å². The van der Waals surface area contributed by atoms with Crippen LogP contribution in [-0.4, -0.2) is 18.5 Å². The van der Waals surface area contributed by atoms with Crippen molar-refractivity contribution in [1.82, 2.24) is 0 Å². The van der Waals surface area contributed by atoms with Crippen molar-refractivity contribution < 1.29 is 9.53 Å². The van der Waals surface area contributed by atoms with E-state index in [1.807, 2.05) is 0 Å². The number of ether oxygens (including phenoxy) is 1. The van der Waals surface area contributed by atoms with Crippen LogP contribution in [0.3, 0.4) is 0 Å². The number of carbonyl (C=O) groups is 1. The minimum atomic E-state index is -0.887. The zero-order valence-electron chi connectivity index (χ0n) is 7.75.